The van der Waals surface area contributed by atoms with Gasteiger partial charge in [0.1, 0.15) is 5.92 Å². The summed E-state index contributed by atoms with van der Waals surface area (Å²) in [5, 5.41) is 10.8. The first-order valence-electron chi connectivity index (χ1n) is 5.17. The third-order valence-electron chi connectivity index (χ3n) is 2.87. The Morgan fingerprint density at radius 2 is 2.29 bits per heavy atom. The Labute approximate surface area is 97.0 Å². The fraction of sp³-hybridized carbons (Fsp3) is 0.889. The molecule has 0 radical (unpaired) electrons. The van der Waals surface area contributed by atoms with Crippen LogP contribution in [0.1, 0.15) is 6.42 Å². The summed E-state index contributed by atoms with van der Waals surface area (Å²) in [6.07, 6.45) is -3.87. The summed E-state index contributed by atoms with van der Waals surface area (Å²) in [5.41, 5.74) is 5.07. The van der Waals surface area contributed by atoms with E-state index in [-0.39, 0.29) is 12.6 Å². The first-order valence-corrected chi connectivity index (χ1v) is 5.17. The predicted molar refractivity (Wildman–Crippen MR) is 54.8 cm³/mol. The minimum atomic E-state index is -4.51. The summed E-state index contributed by atoms with van der Waals surface area (Å²) < 4.78 is 43.0. The molecule has 0 aromatic rings. The second-order valence-electron chi connectivity index (χ2n) is 4.03. The van der Waals surface area contributed by atoms with Crippen molar-refractivity contribution in [2.75, 3.05) is 26.7 Å². The molecule has 0 bridgehead atoms. The van der Waals surface area contributed by atoms with E-state index < -0.39 is 17.9 Å². The van der Waals surface area contributed by atoms with Gasteiger partial charge in [0, 0.05) is 26.7 Å². The highest BCUT2D eigenvalue weighted by atomic mass is 19.4. The number of oxime groups is 1. The molecular weight excluding hydrogens is 239 g/mol. The third-order valence-corrected chi connectivity index (χ3v) is 2.87. The van der Waals surface area contributed by atoms with Crippen LogP contribution >= 0.6 is 0 Å². The van der Waals surface area contributed by atoms with Crippen LogP contribution in [0, 0.1) is 5.92 Å². The number of likely N-dealkylation sites (tertiary alicyclic amines) is 1. The van der Waals surface area contributed by atoms with Gasteiger partial charge in [0.05, 0.1) is 6.10 Å². The monoisotopic (exact) mass is 255 g/mol. The summed E-state index contributed by atoms with van der Waals surface area (Å²) in [5.74, 6) is -2.75. The number of amidine groups is 1. The molecular formula is C9H16F3N3O2. The van der Waals surface area contributed by atoms with E-state index in [2.05, 4.69) is 5.16 Å². The van der Waals surface area contributed by atoms with Crippen LogP contribution in [-0.2, 0) is 4.74 Å². The molecule has 0 aromatic carbocycles. The summed E-state index contributed by atoms with van der Waals surface area (Å²) in [6, 6.07) is 0. The van der Waals surface area contributed by atoms with E-state index in [0.29, 0.717) is 19.5 Å². The van der Waals surface area contributed by atoms with Gasteiger partial charge in [0.2, 0.25) is 0 Å². The highest BCUT2D eigenvalue weighted by Gasteiger charge is 2.44. The minimum Gasteiger partial charge on any atom is -0.409 e. The molecule has 3 N–H and O–H groups in total. The van der Waals surface area contributed by atoms with Crippen LogP contribution in [0.25, 0.3) is 0 Å². The van der Waals surface area contributed by atoms with Gasteiger partial charge in [-0.2, -0.15) is 13.2 Å². The number of rotatable bonds is 4. The number of methoxy groups -OCH3 is 1. The zero-order valence-corrected chi connectivity index (χ0v) is 9.44. The van der Waals surface area contributed by atoms with Gasteiger partial charge in [0.15, 0.2) is 5.84 Å². The van der Waals surface area contributed by atoms with Crippen molar-refractivity contribution in [3.8, 4) is 0 Å². The SMILES string of the molecule is COC1CCN(CC(C(N)=NO)C(F)(F)F)C1. The second-order valence-corrected chi connectivity index (χ2v) is 4.03. The predicted octanol–water partition coefficient (Wildman–Crippen LogP) is 0.632. The van der Waals surface area contributed by atoms with Crippen molar-refractivity contribution in [2.45, 2.75) is 18.7 Å². The van der Waals surface area contributed by atoms with Gasteiger partial charge < -0.3 is 15.7 Å². The van der Waals surface area contributed by atoms with Crippen molar-refractivity contribution < 1.29 is 23.1 Å². The van der Waals surface area contributed by atoms with Gasteiger partial charge in [-0.3, -0.25) is 4.90 Å². The normalized spacial score (nSPS) is 25.2. The fourth-order valence-corrected chi connectivity index (χ4v) is 1.85. The standard InChI is InChI=1S/C9H16F3N3O2/c1-17-6-2-3-15(4-6)5-7(8(13)14-16)9(10,11)12/h6-7,16H,2-5H2,1H3,(H2,13,14). The smallest absolute Gasteiger partial charge is 0.400 e. The topological polar surface area (TPSA) is 71.1 Å². The molecule has 1 fully saturated rings. The highest BCUT2D eigenvalue weighted by Crippen LogP contribution is 2.28. The first-order chi connectivity index (χ1) is 7.88. The number of hydrogen-bond acceptors (Lipinski definition) is 4. The molecule has 0 amide bonds. The van der Waals surface area contributed by atoms with Gasteiger partial charge in [-0.05, 0) is 6.42 Å². The summed E-state index contributed by atoms with van der Waals surface area (Å²) >= 11 is 0. The van der Waals surface area contributed by atoms with Gasteiger partial charge in [-0.1, -0.05) is 5.16 Å². The molecule has 2 atom stereocenters. The van der Waals surface area contributed by atoms with Crippen LogP contribution in [0.2, 0.25) is 0 Å². The van der Waals surface area contributed by atoms with Crippen LogP contribution < -0.4 is 5.73 Å². The molecule has 1 rings (SSSR count). The molecule has 1 saturated heterocycles. The molecule has 1 aliphatic heterocycles. The Morgan fingerprint density at radius 1 is 1.65 bits per heavy atom. The number of nitrogens with two attached hydrogens (primary N) is 1. The molecule has 0 aromatic heterocycles. The lowest BCUT2D eigenvalue weighted by molar-refractivity contribution is -0.159. The maximum absolute atomic E-state index is 12.7. The van der Waals surface area contributed by atoms with E-state index in [0.717, 1.165) is 0 Å². The molecule has 2 unspecified atom stereocenters. The molecule has 8 heteroatoms. The summed E-state index contributed by atoms with van der Waals surface area (Å²) in [7, 11) is 1.53. The molecule has 17 heavy (non-hydrogen) atoms. The number of ether oxygens (including phenoxy) is 1. The third kappa shape index (κ3) is 3.74. The van der Waals surface area contributed by atoms with Crippen molar-refractivity contribution in [3.05, 3.63) is 0 Å². The van der Waals surface area contributed by atoms with Crippen LogP contribution in [0.15, 0.2) is 5.16 Å². The van der Waals surface area contributed by atoms with E-state index >= 15 is 0 Å². The van der Waals surface area contributed by atoms with E-state index in [1.165, 1.54) is 7.11 Å². The summed E-state index contributed by atoms with van der Waals surface area (Å²) in [4.78, 5) is 1.60. The van der Waals surface area contributed by atoms with Gasteiger partial charge in [-0.25, -0.2) is 0 Å². The lowest BCUT2D eigenvalue weighted by Crippen LogP contribution is -2.44. The van der Waals surface area contributed by atoms with E-state index in [1.54, 1.807) is 4.90 Å². The maximum Gasteiger partial charge on any atom is 0.400 e. The zero-order chi connectivity index (χ0) is 13.1. The molecule has 1 heterocycles. The van der Waals surface area contributed by atoms with Crippen molar-refractivity contribution in [2.24, 2.45) is 16.8 Å². The van der Waals surface area contributed by atoms with Crippen molar-refractivity contribution >= 4 is 5.84 Å². The van der Waals surface area contributed by atoms with Crippen LogP contribution in [0.4, 0.5) is 13.2 Å². The second kappa shape index (κ2) is 5.54. The molecule has 0 aliphatic carbocycles. The number of hydrogen-bond donors (Lipinski definition) is 2. The fourth-order valence-electron chi connectivity index (χ4n) is 1.85. The highest BCUT2D eigenvalue weighted by molar-refractivity contribution is 5.83. The van der Waals surface area contributed by atoms with Crippen molar-refractivity contribution in [1.29, 1.82) is 0 Å². The molecule has 0 saturated carbocycles. The van der Waals surface area contributed by atoms with Crippen molar-refractivity contribution in [1.82, 2.24) is 4.90 Å². The van der Waals surface area contributed by atoms with Gasteiger partial charge in [-0.15, -0.1) is 0 Å². The average molecular weight is 255 g/mol. The van der Waals surface area contributed by atoms with E-state index in [1.807, 2.05) is 0 Å². The van der Waals surface area contributed by atoms with Crippen LogP contribution in [0.5, 0.6) is 0 Å². The Bertz CT molecular complexity index is 283. The van der Waals surface area contributed by atoms with Crippen LogP contribution in [0.3, 0.4) is 0 Å². The lowest BCUT2D eigenvalue weighted by Gasteiger charge is -2.24. The Kier molecular flexibility index (Phi) is 4.58. The molecule has 0 spiro atoms. The number of halogens is 3. The Morgan fingerprint density at radius 3 is 2.71 bits per heavy atom. The lowest BCUT2D eigenvalue weighted by atomic mass is 10.1. The quantitative estimate of drug-likeness (QED) is 0.334. The van der Waals surface area contributed by atoms with E-state index in [9.17, 15) is 13.2 Å². The minimum absolute atomic E-state index is 0.0452. The molecule has 100 valence electrons. The average Bonchev–Trinajstić information content (AvgIpc) is 2.71. The van der Waals surface area contributed by atoms with Crippen molar-refractivity contribution in [3.63, 3.8) is 0 Å². The first kappa shape index (κ1) is 14.0. The Balaban J connectivity index is 2.62. The van der Waals surface area contributed by atoms with Gasteiger partial charge in [0.25, 0.3) is 0 Å². The number of nitrogens with zero attached hydrogens (tertiary/aromatic N) is 2. The Hall–Kier alpha value is -1.02. The summed E-state index contributed by atoms with van der Waals surface area (Å²) in [6.45, 7) is 0.644. The van der Waals surface area contributed by atoms with E-state index in [4.69, 9.17) is 15.7 Å². The van der Waals surface area contributed by atoms with Gasteiger partial charge >= 0.3 is 6.18 Å². The molecule has 5 nitrogen and oxygen atoms in total. The number of alkyl halides is 3. The molecule has 1 aliphatic rings. The zero-order valence-electron chi connectivity index (χ0n) is 9.44. The maximum atomic E-state index is 12.7. The largest absolute Gasteiger partial charge is 0.409 e. The van der Waals surface area contributed by atoms with Crippen LogP contribution in [-0.4, -0.2) is 55.0 Å².